The van der Waals surface area contributed by atoms with Gasteiger partial charge in [-0.3, -0.25) is 0 Å². The average Bonchev–Trinajstić information content (AvgIpc) is 2.81. The molecule has 2 N–H and O–H groups in total. The van der Waals surface area contributed by atoms with Crippen molar-refractivity contribution in [2.75, 3.05) is 4.90 Å². The van der Waals surface area contributed by atoms with E-state index in [4.69, 9.17) is 5.73 Å². The van der Waals surface area contributed by atoms with Crippen molar-refractivity contribution in [1.82, 2.24) is 0 Å². The van der Waals surface area contributed by atoms with E-state index in [0.717, 1.165) is 23.1 Å². The van der Waals surface area contributed by atoms with Gasteiger partial charge in [-0.2, -0.15) is 0 Å². The SMILES string of the molecule is CC(N)c1ccc(N2Cc3ccccc3C2)cc1Br. The van der Waals surface area contributed by atoms with Crippen LogP contribution in [0.5, 0.6) is 0 Å². The van der Waals surface area contributed by atoms with E-state index in [2.05, 4.69) is 63.3 Å². The number of hydrogen-bond donors (Lipinski definition) is 1. The molecule has 1 atom stereocenters. The minimum absolute atomic E-state index is 0.0548. The molecule has 1 aliphatic heterocycles. The van der Waals surface area contributed by atoms with Gasteiger partial charge in [0, 0.05) is 29.3 Å². The number of rotatable bonds is 2. The Morgan fingerprint density at radius 2 is 1.74 bits per heavy atom. The summed E-state index contributed by atoms with van der Waals surface area (Å²) >= 11 is 3.62. The van der Waals surface area contributed by atoms with Crippen LogP contribution in [-0.2, 0) is 13.1 Å². The number of halogens is 1. The van der Waals surface area contributed by atoms with E-state index in [1.54, 1.807) is 0 Å². The Morgan fingerprint density at radius 3 is 2.26 bits per heavy atom. The first-order chi connectivity index (χ1) is 9.15. The third-order valence-electron chi connectivity index (χ3n) is 3.68. The van der Waals surface area contributed by atoms with Crippen LogP contribution in [0.3, 0.4) is 0 Å². The average molecular weight is 317 g/mol. The Kier molecular flexibility index (Phi) is 3.33. The Morgan fingerprint density at radius 1 is 1.11 bits per heavy atom. The molecule has 1 heterocycles. The van der Waals surface area contributed by atoms with Crippen molar-refractivity contribution in [2.24, 2.45) is 5.73 Å². The van der Waals surface area contributed by atoms with Crippen LogP contribution in [-0.4, -0.2) is 0 Å². The minimum atomic E-state index is 0.0548. The molecule has 0 aliphatic carbocycles. The number of fused-ring (bicyclic) bond motifs is 1. The van der Waals surface area contributed by atoms with Gasteiger partial charge in [0.25, 0.3) is 0 Å². The highest BCUT2D eigenvalue weighted by Crippen LogP contribution is 2.32. The van der Waals surface area contributed by atoms with Crippen molar-refractivity contribution in [3.05, 3.63) is 63.6 Å². The molecule has 1 aliphatic rings. The molecule has 0 fully saturated rings. The van der Waals surface area contributed by atoms with Gasteiger partial charge in [-0.25, -0.2) is 0 Å². The lowest BCUT2D eigenvalue weighted by Crippen LogP contribution is -2.15. The van der Waals surface area contributed by atoms with E-state index < -0.39 is 0 Å². The lowest BCUT2D eigenvalue weighted by atomic mass is 10.1. The summed E-state index contributed by atoms with van der Waals surface area (Å²) < 4.78 is 1.09. The Balaban J connectivity index is 1.88. The fourth-order valence-corrected chi connectivity index (χ4v) is 3.33. The molecule has 0 saturated heterocycles. The molecule has 0 aromatic heterocycles. The standard InChI is InChI=1S/C16H17BrN2/c1-11(18)15-7-6-14(8-16(15)17)19-9-12-4-2-3-5-13(12)10-19/h2-8,11H,9-10,18H2,1H3. The van der Waals surface area contributed by atoms with Crippen LogP contribution in [0.4, 0.5) is 5.69 Å². The van der Waals surface area contributed by atoms with Crippen LogP contribution in [0.2, 0.25) is 0 Å². The second kappa shape index (κ2) is 4.99. The smallest absolute Gasteiger partial charge is 0.0436 e. The number of nitrogens with zero attached hydrogens (tertiary/aromatic N) is 1. The van der Waals surface area contributed by atoms with Gasteiger partial charge in [0.05, 0.1) is 0 Å². The lowest BCUT2D eigenvalue weighted by Gasteiger charge is -2.19. The fraction of sp³-hybridized carbons (Fsp3) is 0.250. The van der Waals surface area contributed by atoms with Gasteiger partial charge in [-0.05, 0) is 35.7 Å². The number of anilines is 1. The zero-order chi connectivity index (χ0) is 13.4. The fourth-order valence-electron chi connectivity index (χ4n) is 2.60. The van der Waals surface area contributed by atoms with Crippen molar-refractivity contribution in [3.8, 4) is 0 Å². The molecule has 1 unspecified atom stereocenters. The molecule has 0 radical (unpaired) electrons. The summed E-state index contributed by atoms with van der Waals surface area (Å²) in [6.45, 7) is 3.98. The minimum Gasteiger partial charge on any atom is -0.363 e. The van der Waals surface area contributed by atoms with Gasteiger partial charge in [0.1, 0.15) is 0 Å². The molecule has 3 rings (SSSR count). The van der Waals surface area contributed by atoms with E-state index in [9.17, 15) is 0 Å². The lowest BCUT2D eigenvalue weighted by molar-refractivity contribution is 0.810. The van der Waals surface area contributed by atoms with E-state index >= 15 is 0 Å². The number of nitrogens with two attached hydrogens (primary N) is 1. The molecule has 0 spiro atoms. The van der Waals surface area contributed by atoms with Crippen LogP contribution in [0, 0.1) is 0 Å². The Hall–Kier alpha value is -1.32. The van der Waals surface area contributed by atoms with Crippen LogP contribution in [0.1, 0.15) is 29.7 Å². The molecule has 3 heteroatoms. The van der Waals surface area contributed by atoms with Crippen LogP contribution in [0.25, 0.3) is 0 Å². The largest absolute Gasteiger partial charge is 0.363 e. The summed E-state index contributed by atoms with van der Waals surface area (Å²) in [5.74, 6) is 0. The molecule has 2 aromatic carbocycles. The molecular weight excluding hydrogens is 300 g/mol. The predicted octanol–water partition coefficient (Wildman–Crippen LogP) is 3.99. The highest BCUT2D eigenvalue weighted by Gasteiger charge is 2.19. The summed E-state index contributed by atoms with van der Waals surface area (Å²) in [5, 5.41) is 0. The quantitative estimate of drug-likeness (QED) is 0.907. The second-order valence-electron chi connectivity index (χ2n) is 5.12. The summed E-state index contributed by atoms with van der Waals surface area (Å²) in [7, 11) is 0. The number of hydrogen-bond acceptors (Lipinski definition) is 2. The van der Waals surface area contributed by atoms with Gasteiger partial charge < -0.3 is 10.6 Å². The zero-order valence-electron chi connectivity index (χ0n) is 10.9. The van der Waals surface area contributed by atoms with Crippen molar-refractivity contribution in [1.29, 1.82) is 0 Å². The first-order valence-electron chi connectivity index (χ1n) is 6.52. The van der Waals surface area contributed by atoms with Gasteiger partial charge in [-0.15, -0.1) is 0 Å². The molecule has 0 amide bonds. The summed E-state index contributed by atoms with van der Waals surface area (Å²) in [4.78, 5) is 2.39. The topological polar surface area (TPSA) is 29.3 Å². The maximum atomic E-state index is 5.94. The second-order valence-corrected chi connectivity index (χ2v) is 5.97. The molecule has 19 heavy (non-hydrogen) atoms. The van der Waals surface area contributed by atoms with Gasteiger partial charge in [0.15, 0.2) is 0 Å². The van der Waals surface area contributed by atoms with E-state index in [-0.39, 0.29) is 6.04 Å². The van der Waals surface area contributed by atoms with Gasteiger partial charge >= 0.3 is 0 Å². The van der Waals surface area contributed by atoms with Gasteiger partial charge in [-0.1, -0.05) is 46.3 Å². The Labute approximate surface area is 122 Å². The summed E-state index contributed by atoms with van der Waals surface area (Å²) in [5.41, 5.74) is 11.2. The summed E-state index contributed by atoms with van der Waals surface area (Å²) in [6, 6.07) is 15.1. The maximum Gasteiger partial charge on any atom is 0.0436 e. The van der Waals surface area contributed by atoms with Crippen molar-refractivity contribution in [2.45, 2.75) is 26.1 Å². The predicted molar refractivity (Wildman–Crippen MR) is 83.1 cm³/mol. The highest BCUT2D eigenvalue weighted by atomic mass is 79.9. The molecular formula is C16H17BrN2. The molecule has 0 bridgehead atoms. The van der Waals surface area contributed by atoms with E-state index in [1.165, 1.54) is 16.8 Å². The van der Waals surface area contributed by atoms with Gasteiger partial charge in [0.2, 0.25) is 0 Å². The van der Waals surface area contributed by atoms with E-state index in [0.29, 0.717) is 0 Å². The molecule has 98 valence electrons. The van der Waals surface area contributed by atoms with Crippen molar-refractivity contribution in [3.63, 3.8) is 0 Å². The van der Waals surface area contributed by atoms with Crippen molar-refractivity contribution >= 4 is 21.6 Å². The normalized spacial score (nSPS) is 15.4. The third-order valence-corrected chi connectivity index (χ3v) is 4.37. The number of benzene rings is 2. The van der Waals surface area contributed by atoms with E-state index in [1.807, 2.05) is 6.92 Å². The maximum absolute atomic E-state index is 5.94. The third kappa shape index (κ3) is 2.40. The van der Waals surface area contributed by atoms with Crippen LogP contribution in [0.15, 0.2) is 46.9 Å². The summed E-state index contributed by atoms with van der Waals surface area (Å²) in [6.07, 6.45) is 0. The molecule has 2 aromatic rings. The Bertz CT molecular complexity index is 582. The van der Waals surface area contributed by atoms with Crippen LogP contribution >= 0.6 is 15.9 Å². The highest BCUT2D eigenvalue weighted by molar-refractivity contribution is 9.10. The van der Waals surface area contributed by atoms with Crippen molar-refractivity contribution < 1.29 is 0 Å². The van der Waals surface area contributed by atoms with Crippen LogP contribution < -0.4 is 10.6 Å². The molecule has 2 nitrogen and oxygen atoms in total. The molecule has 0 saturated carbocycles. The monoisotopic (exact) mass is 316 g/mol. The first kappa shape index (κ1) is 12.7. The first-order valence-corrected chi connectivity index (χ1v) is 7.31. The zero-order valence-corrected chi connectivity index (χ0v) is 12.5.